The number of benzene rings is 1. The van der Waals surface area contributed by atoms with Gasteiger partial charge in [-0.2, -0.15) is 0 Å². The van der Waals surface area contributed by atoms with Gasteiger partial charge in [0.15, 0.2) is 0 Å². The smallest absolute Gasteiger partial charge is 0.240 e. The van der Waals surface area contributed by atoms with E-state index in [0.29, 0.717) is 0 Å². The average Bonchev–Trinajstić information content (AvgIpc) is 3.06. The fourth-order valence-corrected chi connectivity index (χ4v) is 4.57. The predicted octanol–water partition coefficient (Wildman–Crippen LogP) is 3.74. The molecule has 4 rings (SSSR count). The summed E-state index contributed by atoms with van der Waals surface area (Å²) in [5.74, 6) is 0. The van der Waals surface area contributed by atoms with Crippen molar-refractivity contribution in [2.75, 3.05) is 12.4 Å². The van der Waals surface area contributed by atoms with E-state index in [1.165, 1.54) is 4.70 Å². The van der Waals surface area contributed by atoms with Crippen LogP contribution in [-0.2, 0) is 0 Å². The summed E-state index contributed by atoms with van der Waals surface area (Å²) in [5, 5.41) is 16.0. The van der Waals surface area contributed by atoms with Gasteiger partial charge in [0.05, 0.1) is 20.8 Å². The fourth-order valence-electron chi connectivity index (χ4n) is 2.40. The molecular formula is C15H12N3OS2+. The van der Waals surface area contributed by atoms with E-state index in [-0.39, 0.29) is 0 Å². The van der Waals surface area contributed by atoms with Gasteiger partial charge in [0.2, 0.25) is 12.4 Å². The van der Waals surface area contributed by atoms with Gasteiger partial charge in [-0.3, -0.25) is 5.21 Å². The number of hydrogen-bond acceptors (Lipinski definition) is 5. The van der Waals surface area contributed by atoms with Crippen molar-refractivity contribution in [2.24, 2.45) is 0 Å². The van der Waals surface area contributed by atoms with Crippen molar-refractivity contribution in [1.29, 1.82) is 0 Å². The summed E-state index contributed by atoms with van der Waals surface area (Å²) >= 11 is 3.31. The molecule has 0 aliphatic carbocycles. The third-order valence-corrected chi connectivity index (χ3v) is 5.56. The minimum Gasteiger partial charge on any atom is -0.379 e. The van der Waals surface area contributed by atoms with Crippen molar-refractivity contribution in [3.8, 4) is 10.6 Å². The first-order valence-electron chi connectivity index (χ1n) is 6.47. The van der Waals surface area contributed by atoms with E-state index in [1.54, 1.807) is 35.1 Å². The maximum absolute atomic E-state index is 9.58. The lowest BCUT2D eigenvalue weighted by Gasteiger charge is -1.99. The third-order valence-electron chi connectivity index (χ3n) is 3.35. The Morgan fingerprint density at radius 1 is 1.14 bits per heavy atom. The number of nitrogens with one attached hydrogen (secondary N) is 1. The van der Waals surface area contributed by atoms with Crippen LogP contribution in [0.2, 0.25) is 0 Å². The van der Waals surface area contributed by atoms with Gasteiger partial charge in [-0.15, -0.1) is 22.7 Å². The van der Waals surface area contributed by atoms with Crippen LogP contribution in [0.3, 0.4) is 0 Å². The lowest BCUT2D eigenvalue weighted by atomic mass is 10.2. The zero-order valence-corrected chi connectivity index (χ0v) is 12.8. The highest BCUT2D eigenvalue weighted by molar-refractivity contribution is 7.25. The second-order valence-electron chi connectivity index (χ2n) is 4.65. The van der Waals surface area contributed by atoms with Gasteiger partial charge in [0.25, 0.3) is 0 Å². The largest absolute Gasteiger partial charge is 0.379 e. The first-order valence-corrected chi connectivity index (χ1v) is 8.10. The average molecular weight is 314 g/mol. The van der Waals surface area contributed by atoms with Gasteiger partial charge in [-0.25, -0.2) is 4.98 Å². The molecule has 4 aromatic rings. The van der Waals surface area contributed by atoms with Gasteiger partial charge >= 0.3 is 0 Å². The molecular weight excluding hydrogens is 302 g/mol. The molecule has 0 saturated carbocycles. The molecule has 0 saturated heterocycles. The minimum absolute atomic E-state index is 1.00. The highest BCUT2D eigenvalue weighted by Crippen LogP contribution is 2.44. The Kier molecular flexibility index (Phi) is 2.80. The molecule has 0 unspecified atom stereocenters. The van der Waals surface area contributed by atoms with Crippen molar-refractivity contribution < 1.29 is 9.94 Å². The number of thiophene rings is 1. The Bertz CT molecular complexity index is 925. The van der Waals surface area contributed by atoms with E-state index < -0.39 is 0 Å². The number of rotatable bonds is 2. The van der Waals surface area contributed by atoms with Crippen LogP contribution < -0.4 is 10.0 Å². The molecule has 3 aromatic heterocycles. The quantitative estimate of drug-likeness (QED) is 0.438. The third kappa shape index (κ3) is 1.95. The number of aromatic nitrogens is 2. The van der Waals surface area contributed by atoms with Gasteiger partial charge < -0.3 is 5.32 Å². The van der Waals surface area contributed by atoms with Gasteiger partial charge in [0, 0.05) is 23.2 Å². The second kappa shape index (κ2) is 4.68. The molecule has 2 N–H and O–H groups in total. The molecule has 6 heteroatoms. The summed E-state index contributed by atoms with van der Waals surface area (Å²) in [6.07, 6.45) is 3.36. The number of nitrogens with zero attached hydrogens (tertiary/aromatic N) is 2. The summed E-state index contributed by atoms with van der Waals surface area (Å²) in [7, 11) is 1.91. The molecule has 0 fully saturated rings. The van der Waals surface area contributed by atoms with Crippen molar-refractivity contribution >= 4 is 48.0 Å². The summed E-state index contributed by atoms with van der Waals surface area (Å²) in [6, 6.07) is 10.1. The van der Waals surface area contributed by atoms with E-state index in [2.05, 4.69) is 11.4 Å². The molecule has 0 aliphatic heterocycles. The molecule has 21 heavy (non-hydrogen) atoms. The summed E-state index contributed by atoms with van der Waals surface area (Å²) < 4.78 is 3.29. The lowest BCUT2D eigenvalue weighted by molar-refractivity contribution is -0.903. The highest BCUT2D eigenvalue weighted by Gasteiger charge is 2.19. The molecule has 3 heterocycles. The number of para-hydroxylation sites is 1. The van der Waals surface area contributed by atoms with Crippen LogP contribution in [0.1, 0.15) is 0 Å². The minimum atomic E-state index is 1.00. The zero-order valence-electron chi connectivity index (χ0n) is 11.2. The van der Waals surface area contributed by atoms with Gasteiger partial charge in [-0.05, 0) is 12.1 Å². The number of thiazole rings is 1. The maximum Gasteiger partial charge on any atom is 0.240 e. The Hall–Kier alpha value is -2.18. The molecule has 0 aliphatic rings. The van der Waals surface area contributed by atoms with Gasteiger partial charge in [-0.1, -0.05) is 12.1 Å². The first-order chi connectivity index (χ1) is 10.3. The molecule has 0 radical (unpaired) electrons. The van der Waals surface area contributed by atoms with Crippen LogP contribution in [0, 0.1) is 0 Å². The topological polar surface area (TPSA) is 49.0 Å². The SMILES string of the molecule is CNc1sc2c[n+](O)ccc2c1-c1nc2ccccc2s1. The predicted molar refractivity (Wildman–Crippen MR) is 87.4 cm³/mol. The van der Waals surface area contributed by atoms with Crippen molar-refractivity contribution in [2.45, 2.75) is 0 Å². The fraction of sp³-hybridized carbons (Fsp3) is 0.0667. The van der Waals surface area contributed by atoms with Crippen LogP contribution in [0.15, 0.2) is 42.7 Å². The number of anilines is 1. The molecule has 0 bridgehead atoms. The zero-order chi connectivity index (χ0) is 14.4. The Labute approximate surface area is 128 Å². The standard InChI is InChI=1S/C15H11N3OS2/c1-16-14-13(9-6-7-18(19)8-12(9)21-14)15-17-10-4-2-3-5-11(10)20-15/h2-8,19H,1H3/p+1. The van der Waals surface area contributed by atoms with Crippen LogP contribution in [0.25, 0.3) is 30.9 Å². The van der Waals surface area contributed by atoms with E-state index in [1.807, 2.05) is 31.3 Å². The van der Waals surface area contributed by atoms with E-state index in [9.17, 15) is 5.21 Å². The van der Waals surface area contributed by atoms with Crippen molar-refractivity contribution in [1.82, 2.24) is 4.98 Å². The van der Waals surface area contributed by atoms with Crippen LogP contribution >= 0.6 is 22.7 Å². The molecule has 104 valence electrons. The summed E-state index contributed by atoms with van der Waals surface area (Å²) in [6.45, 7) is 0. The Morgan fingerprint density at radius 3 is 2.81 bits per heavy atom. The first kappa shape index (κ1) is 12.6. The number of hydrogen-bond donors (Lipinski definition) is 2. The number of pyridine rings is 1. The van der Waals surface area contributed by atoms with Crippen molar-refractivity contribution in [3.63, 3.8) is 0 Å². The van der Waals surface area contributed by atoms with Crippen LogP contribution in [-0.4, -0.2) is 17.2 Å². The molecule has 4 nitrogen and oxygen atoms in total. The highest BCUT2D eigenvalue weighted by atomic mass is 32.1. The van der Waals surface area contributed by atoms with E-state index in [0.717, 1.165) is 35.9 Å². The van der Waals surface area contributed by atoms with Crippen molar-refractivity contribution in [3.05, 3.63) is 42.7 Å². The Morgan fingerprint density at radius 2 is 2.00 bits per heavy atom. The van der Waals surface area contributed by atoms with Crippen LogP contribution in [0.5, 0.6) is 0 Å². The van der Waals surface area contributed by atoms with Crippen LogP contribution in [0.4, 0.5) is 5.00 Å². The normalized spacial score (nSPS) is 11.3. The van der Waals surface area contributed by atoms with E-state index in [4.69, 9.17) is 4.98 Å². The molecule has 0 spiro atoms. The number of fused-ring (bicyclic) bond motifs is 2. The molecule has 1 aromatic carbocycles. The molecule has 0 amide bonds. The molecule has 0 atom stereocenters. The summed E-state index contributed by atoms with van der Waals surface area (Å²) in [5.41, 5.74) is 2.13. The lowest BCUT2D eigenvalue weighted by Crippen LogP contribution is -2.27. The summed E-state index contributed by atoms with van der Waals surface area (Å²) in [4.78, 5) is 4.75. The van der Waals surface area contributed by atoms with Gasteiger partial charge in [0.1, 0.15) is 9.71 Å². The maximum atomic E-state index is 9.58. The second-order valence-corrected chi connectivity index (χ2v) is 6.73. The van der Waals surface area contributed by atoms with E-state index >= 15 is 0 Å². The Balaban J connectivity index is 2.04. The monoisotopic (exact) mass is 314 g/mol.